The lowest BCUT2D eigenvalue weighted by Crippen LogP contribution is -2.46. The zero-order valence-corrected chi connectivity index (χ0v) is 24.4. The predicted molar refractivity (Wildman–Crippen MR) is 163 cm³/mol. The van der Waals surface area contributed by atoms with Crippen molar-refractivity contribution in [3.8, 4) is 16.9 Å². The van der Waals surface area contributed by atoms with Crippen LogP contribution in [0.4, 0.5) is 5.69 Å². The van der Waals surface area contributed by atoms with Crippen molar-refractivity contribution in [2.75, 3.05) is 51.3 Å². The minimum Gasteiger partial charge on any atom is -0.489 e. The molecular weight excluding hydrogens is 540 g/mol. The largest absolute Gasteiger partial charge is 0.489 e. The molecule has 2 aliphatic rings. The molecule has 216 valence electrons. The average Bonchev–Trinajstić information content (AvgIpc) is 3.38. The number of benzene rings is 2. The molecule has 0 radical (unpaired) electrons. The fourth-order valence-corrected chi connectivity index (χ4v) is 5.70. The molecular formula is C31H37ClN6O3. The van der Waals surface area contributed by atoms with Crippen LogP contribution < -0.4 is 15.0 Å². The molecule has 0 aliphatic carbocycles. The molecule has 2 N–H and O–H groups in total. The standard InChI is InChI=1S/C31H36N6O3.ClH/c1-21-30-27(35-34-21)16-24(18-29(30)40-25-7-14-39-15-8-25)23-5-6-26(31(38)32-2)28(17-23)37-12-10-36(11-13-37)20-22-4-3-9-33-19-22;/h3-6,9,16-19,25H,7-8,10-15,20H2,1-2H3,(H,32,38)(H,34,35);1H. The Labute approximate surface area is 246 Å². The van der Waals surface area contributed by atoms with Crippen LogP contribution in [-0.4, -0.2) is 78.5 Å². The number of aromatic nitrogens is 3. The summed E-state index contributed by atoms with van der Waals surface area (Å²) in [5.41, 5.74) is 6.75. The summed E-state index contributed by atoms with van der Waals surface area (Å²) >= 11 is 0. The van der Waals surface area contributed by atoms with Crippen LogP contribution in [0.1, 0.15) is 34.5 Å². The van der Waals surface area contributed by atoms with Crippen LogP contribution in [0.15, 0.2) is 54.9 Å². The van der Waals surface area contributed by atoms with Gasteiger partial charge in [0.2, 0.25) is 0 Å². The zero-order valence-electron chi connectivity index (χ0n) is 23.6. The van der Waals surface area contributed by atoms with Gasteiger partial charge in [0.1, 0.15) is 11.9 Å². The van der Waals surface area contributed by atoms with E-state index in [9.17, 15) is 4.79 Å². The predicted octanol–water partition coefficient (Wildman–Crippen LogP) is 4.59. The number of fused-ring (bicyclic) bond motifs is 1. The molecule has 0 saturated carbocycles. The lowest BCUT2D eigenvalue weighted by Gasteiger charge is -2.37. The third-order valence-electron chi connectivity index (χ3n) is 7.91. The number of amides is 1. The second kappa shape index (κ2) is 12.9. The monoisotopic (exact) mass is 576 g/mol. The number of nitrogens with one attached hydrogen (secondary N) is 2. The van der Waals surface area contributed by atoms with Crippen LogP contribution in [-0.2, 0) is 11.3 Å². The highest BCUT2D eigenvalue weighted by Gasteiger charge is 2.24. The molecule has 2 aliphatic heterocycles. The Kier molecular flexibility index (Phi) is 9.07. The van der Waals surface area contributed by atoms with Crippen molar-refractivity contribution in [1.29, 1.82) is 0 Å². The molecule has 0 atom stereocenters. The van der Waals surface area contributed by atoms with E-state index in [0.29, 0.717) is 5.56 Å². The normalized spacial score (nSPS) is 16.4. The smallest absolute Gasteiger partial charge is 0.253 e. The van der Waals surface area contributed by atoms with Gasteiger partial charge in [-0.25, -0.2) is 0 Å². The Bertz CT molecular complexity index is 1480. The average molecular weight is 577 g/mol. The summed E-state index contributed by atoms with van der Waals surface area (Å²) in [7, 11) is 1.68. The summed E-state index contributed by atoms with van der Waals surface area (Å²) < 4.78 is 12.1. The van der Waals surface area contributed by atoms with Crippen LogP contribution in [0.5, 0.6) is 5.75 Å². The number of hydrogen-bond donors (Lipinski definition) is 2. The molecule has 4 aromatic rings. The van der Waals surface area contributed by atoms with Crippen molar-refractivity contribution in [3.05, 3.63) is 71.7 Å². The molecule has 41 heavy (non-hydrogen) atoms. The number of pyridine rings is 1. The number of carbonyl (C=O) groups excluding carboxylic acids is 1. The van der Waals surface area contributed by atoms with Crippen molar-refractivity contribution in [2.45, 2.75) is 32.4 Å². The van der Waals surface area contributed by atoms with Crippen LogP contribution in [0.3, 0.4) is 0 Å². The summed E-state index contributed by atoms with van der Waals surface area (Å²) in [6.45, 7) is 7.84. The van der Waals surface area contributed by atoms with Gasteiger partial charge in [-0.3, -0.25) is 19.8 Å². The van der Waals surface area contributed by atoms with E-state index in [4.69, 9.17) is 9.47 Å². The first-order valence-corrected chi connectivity index (χ1v) is 14.0. The highest BCUT2D eigenvalue weighted by atomic mass is 35.5. The summed E-state index contributed by atoms with van der Waals surface area (Å²) in [4.78, 5) is 21.9. The highest BCUT2D eigenvalue weighted by Crippen LogP contribution is 2.37. The number of piperazine rings is 1. The van der Waals surface area contributed by atoms with E-state index in [2.05, 4.69) is 54.6 Å². The molecule has 2 saturated heterocycles. The summed E-state index contributed by atoms with van der Waals surface area (Å²) in [5.74, 6) is 0.757. The van der Waals surface area contributed by atoms with Gasteiger partial charge in [0.05, 0.1) is 35.4 Å². The second-order valence-electron chi connectivity index (χ2n) is 10.6. The number of carbonyl (C=O) groups is 1. The number of aromatic amines is 1. The maximum atomic E-state index is 12.9. The third-order valence-corrected chi connectivity index (χ3v) is 7.91. The van der Waals surface area contributed by atoms with E-state index in [0.717, 1.165) is 97.9 Å². The lowest BCUT2D eigenvalue weighted by molar-refractivity contribution is 0.0262. The minimum atomic E-state index is -0.0822. The number of ether oxygens (including phenoxy) is 2. The Morgan fingerprint density at radius 3 is 2.63 bits per heavy atom. The van der Waals surface area contributed by atoms with E-state index in [1.807, 2.05) is 31.3 Å². The third kappa shape index (κ3) is 6.32. The molecule has 0 spiro atoms. The Morgan fingerprint density at radius 2 is 1.90 bits per heavy atom. The maximum absolute atomic E-state index is 12.9. The van der Waals surface area contributed by atoms with E-state index in [1.165, 1.54) is 5.56 Å². The molecule has 2 fully saturated rings. The summed E-state index contributed by atoms with van der Waals surface area (Å²) in [6.07, 6.45) is 5.60. The maximum Gasteiger partial charge on any atom is 0.253 e. The van der Waals surface area contributed by atoms with Gasteiger partial charge in [0, 0.05) is 70.7 Å². The van der Waals surface area contributed by atoms with Gasteiger partial charge in [-0.15, -0.1) is 12.4 Å². The van der Waals surface area contributed by atoms with E-state index in [1.54, 1.807) is 13.2 Å². The van der Waals surface area contributed by atoms with Gasteiger partial charge in [-0.05, 0) is 53.9 Å². The van der Waals surface area contributed by atoms with Gasteiger partial charge >= 0.3 is 0 Å². The first-order chi connectivity index (χ1) is 19.6. The van der Waals surface area contributed by atoms with E-state index < -0.39 is 0 Å². The summed E-state index contributed by atoms with van der Waals surface area (Å²) in [6, 6.07) is 14.4. The van der Waals surface area contributed by atoms with Crippen molar-refractivity contribution in [3.63, 3.8) is 0 Å². The van der Waals surface area contributed by atoms with Gasteiger partial charge in [-0.1, -0.05) is 12.1 Å². The molecule has 6 rings (SSSR count). The van der Waals surface area contributed by atoms with Crippen LogP contribution in [0.2, 0.25) is 0 Å². The van der Waals surface area contributed by atoms with Gasteiger partial charge < -0.3 is 19.7 Å². The van der Waals surface area contributed by atoms with Crippen LogP contribution >= 0.6 is 12.4 Å². The molecule has 10 heteroatoms. The number of H-pyrrole nitrogens is 1. The first-order valence-electron chi connectivity index (χ1n) is 14.0. The summed E-state index contributed by atoms with van der Waals surface area (Å²) in [5, 5.41) is 11.5. The number of nitrogens with zero attached hydrogens (tertiary/aromatic N) is 4. The minimum absolute atomic E-state index is 0. The van der Waals surface area contributed by atoms with Crippen LogP contribution in [0.25, 0.3) is 22.0 Å². The Morgan fingerprint density at radius 1 is 1.10 bits per heavy atom. The topological polar surface area (TPSA) is 95.6 Å². The van der Waals surface area contributed by atoms with Crippen molar-refractivity contribution in [1.82, 2.24) is 25.4 Å². The number of rotatable bonds is 7. The first kappa shape index (κ1) is 28.9. The Balaban J connectivity index is 0.00000337. The SMILES string of the molecule is CNC(=O)c1ccc(-c2cc(OC3CCOCC3)c3c(C)[nH]nc3c2)cc1N1CCN(Cc2cccnc2)CC1.Cl. The van der Waals surface area contributed by atoms with Gasteiger partial charge in [0.25, 0.3) is 5.91 Å². The fraction of sp³-hybridized carbons (Fsp3) is 0.387. The van der Waals surface area contributed by atoms with E-state index >= 15 is 0 Å². The molecule has 2 aromatic carbocycles. The molecule has 4 heterocycles. The molecule has 0 unspecified atom stereocenters. The number of hydrogen-bond acceptors (Lipinski definition) is 7. The van der Waals surface area contributed by atoms with Crippen molar-refractivity contribution in [2.24, 2.45) is 0 Å². The molecule has 9 nitrogen and oxygen atoms in total. The molecule has 0 bridgehead atoms. The highest BCUT2D eigenvalue weighted by molar-refractivity contribution is 6.01. The van der Waals surface area contributed by atoms with Gasteiger partial charge in [-0.2, -0.15) is 5.10 Å². The second-order valence-corrected chi connectivity index (χ2v) is 10.6. The zero-order chi connectivity index (χ0) is 27.5. The van der Waals surface area contributed by atoms with Crippen molar-refractivity contribution < 1.29 is 14.3 Å². The van der Waals surface area contributed by atoms with E-state index in [-0.39, 0.29) is 24.4 Å². The van der Waals surface area contributed by atoms with Crippen molar-refractivity contribution >= 4 is 34.9 Å². The quantitative estimate of drug-likeness (QED) is 0.332. The lowest BCUT2D eigenvalue weighted by atomic mass is 9.99. The fourth-order valence-electron chi connectivity index (χ4n) is 5.70. The molecule has 1 amide bonds. The number of aryl methyl sites for hydroxylation is 1. The number of halogens is 1. The Hall–Kier alpha value is -3.66. The van der Waals surface area contributed by atoms with Gasteiger partial charge in [0.15, 0.2) is 0 Å². The molecule has 2 aromatic heterocycles. The van der Waals surface area contributed by atoms with Crippen LogP contribution in [0, 0.1) is 6.92 Å². The number of anilines is 1.